The zero-order chi connectivity index (χ0) is 20.3. The Labute approximate surface area is 167 Å². The summed E-state index contributed by atoms with van der Waals surface area (Å²) >= 11 is 0. The van der Waals surface area contributed by atoms with Gasteiger partial charge in [0.1, 0.15) is 6.04 Å². The molecule has 4 rings (SSSR count). The van der Waals surface area contributed by atoms with E-state index in [9.17, 15) is 19.8 Å². The van der Waals surface area contributed by atoms with Crippen LogP contribution in [-0.4, -0.2) is 46.8 Å². The normalized spacial score (nSPS) is 43.9. The van der Waals surface area contributed by atoms with Crippen molar-refractivity contribution in [3.63, 3.8) is 0 Å². The molecule has 4 aliphatic rings. The van der Waals surface area contributed by atoms with Crippen molar-refractivity contribution in [2.75, 3.05) is 6.61 Å². The highest BCUT2D eigenvalue weighted by Gasteiger charge is 2.65. The fourth-order valence-corrected chi connectivity index (χ4v) is 7.15. The van der Waals surface area contributed by atoms with E-state index in [0.29, 0.717) is 11.8 Å². The van der Waals surface area contributed by atoms with Crippen LogP contribution in [0.15, 0.2) is 0 Å². The maximum Gasteiger partial charge on any atom is 0.245 e. The second-order valence-corrected chi connectivity index (χ2v) is 10.7. The molecule has 4 N–H and O–H groups in total. The molecule has 6 heteroatoms. The van der Waals surface area contributed by atoms with Crippen LogP contribution in [0.1, 0.15) is 65.7 Å². The SMILES string of the molecule is CC1(C)C2CCC1(C)C(O)C2CC(=O)N[C@@H](CO)C(=O)NC1CC2CCC1C2. The van der Waals surface area contributed by atoms with Crippen LogP contribution in [0.5, 0.6) is 0 Å². The summed E-state index contributed by atoms with van der Waals surface area (Å²) in [6.45, 7) is 6.13. The molecule has 4 aliphatic carbocycles. The Morgan fingerprint density at radius 3 is 2.43 bits per heavy atom. The monoisotopic (exact) mass is 392 g/mol. The van der Waals surface area contributed by atoms with Gasteiger partial charge in [-0.3, -0.25) is 9.59 Å². The number of carbonyl (C=O) groups is 2. The van der Waals surface area contributed by atoms with Gasteiger partial charge in [0, 0.05) is 12.5 Å². The lowest BCUT2D eigenvalue weighted by atomic mass is 9.70. The van der Waals surface area contributed by atoms with Gasteiger partial charge >= 0.3 is 0 Å². The fraction of sp³-hybridized carbons (Fsp3) is 0.909. The van der Waals surface area contributed by atoms with Gasteiger partial charge in [-0.05, 0) is 66.6 Å². The number of hydrogen-bond acceptors (Lipinski definition) is 4. The van der Waals surface area contributed by atoms with Crippen LogP contribution < -0.4 is 10.6 Å². The lowest BCUT2D eigenvalue weighted by Gasteiger charge is -2.37. The summed E-state index contributed by atoms with van der Waals surface area (Å²) < 4.78 is 0. The number of carbonyl (C=O) groups excluding carboxylic acids is 2. The maximum absolute atomic E-state index is 12.7. The molecule has 7 unspecified atom stereocenters. The third kappa shape index (κ3) is 2.98. The summed E-state index contributed by atoms with van der Waals surface area (Å²) in [7, 11) is 0. The Morgan fingerprint density at radius 2 is 1.89 bits per heavy atom. The molecule has 0 aromatic heterocycles. The first-order valence-electron chi connectivity index (χ1n) is 11.1. The molecule has 0 aliphatic heterocycles. The maximum atomic E-state index is 12.7. The first kappa shape index (κ1) is 20.1. The van der Waals surface area contributed by atoms with Crippen molar-refractivity contribution in [2.24, 2.45) is 34.5 Å². The lowest BCUT2D eigenvalue weighted by Crippen LogP contribution is -2.53. The molecule has 6 nitrogen and oxygen atoms in total. The smallest absolute Gasteiger partial charge is 0.245 e. The van der Waals surface area contributed by atoms with Gasteiger partial charge < -0.3 is 20.8 Å². The summed E-state index contributed by atoms with van der Waals surface area (Å²) in [5.74, 6) is 0.973. The standard InChI is InChI=1S/C22H36N2O4/c1-21(2)15-6-7-22(21,3)19(27)14(15)10-18(26)23-17(11-25)20(28)24-16-9-12-4-5-13(16)8-12/h12-17,19,25,27H,4-11H2,1-3H3,(H,23,26)(H,24,28)/t12?,13?,14?,15?,16?,17-,19?,22?/m0/s1. The van der Waals surface area contributed by atoms with E-state index in [0.717, 1.165) is 25.2 Å². The topological polar surface area (TPSA) is 98.7 Å². The number of aliphatic hydroxyl groups excluding tert-OH is 2. The lowest BCUT2D eigenvalue weighted by molar-refractivity contribution is -0.132. The minimum Gasteiger partial charge on any atom is -0.394 e. The van der Waals surface area contributed by atoms with Gasteiger partial charge in [0.05, 0.1) is 12.7 Å². The van der Waals surface area contributed by atoms with Gasteiger partial charge in [0.2, 0.25) is 11.8 Å². The van der Waals surface area contributed by atoms with Crippen LogP contribution in [0.3, 0.4) is 0 Å². The average molecular weight is 393 g/mol. The van der Waals surface area contributed by atoms with E-state index in [-0.39, 0.29) is 41.0 Å². The molecule has 158 valence electrons. The predicted octanol–water partition coefficient (Wildman–Crippen LogP) is 1.59. The van der Waals surface area contributed by atoms with Crippen LogP contribution in [0.2, 0.25) is 0 Å². The number of fused-ring (bicyclic) bond motifs is 4. The van der Waals surface area contributed by atoms with E-state index in [2.05, 4.69) is 31.4 Å². The summed E-state index contributed by atoms with van der Waals surface area (Å²) in [6.07, 6.45) is 6.38. The molecule has 28 heavy (non-hydrogen) atoms. The van der Waals surface area contributed by atoms with E-state index in [1.807, 2.05) is 0 Å². The number of rotatable bonds is 6. The summed E-state index contributed by atoms with van der Waals surface area (Å²) in [4.78, 5) is 25.3. The largest absolute Gasteiger partial charge is 0.394 e. The molecular weight excluding hydrogens is 356 g/mol. The Kier molecular flexibility index (Phi) is 5.02. The van der Waals surface area contributed by atoms with E-state index in [4.69, 9.17) is 0 Å². The van der Waals surface area contributed by atoms with E-state index >= 15 is 0 Å². The van der Waals surface area contributed by atoms with Crippen molar-refractivity contribution >= 4 is 11.8 Å². The van der Waals surface area contributed by atoms with Crippen LogP contribution in [-0.2, 0) is 9.59 Å². The van der Waals surface area contributed by atoms with Gasteiger partial charge in [-0.1, -0.05) is 27.2 Å². The Hall–Kier alpha value is -1.14. The first-order valence-corrected chi connectivity index (χ1v) is 11.1. The molecule has 4 saturated carbocycles. The predicted molar refractivity (Wildman–Crippen MR) is 105 cm³/mol. The fourth-order valence-electron chi connectivity index (χ4n) is 7.15. The van der Waals surface area contributed by atoms with Crippen LogP contribution in [0.25, 0.3) is 0 Å². The number of hydrogen-bond donors (Lipinski definition) is 4. The average Bonchev–Trinajstić information content (AvgIpc) is 3.34. The second kappa shape index (κ2) is 6.98. The van der Waals surface area contributed by atoms with Gasteiger partial charge in [-0.25, -0.2) is 0 Å². The van der Waals surface area contributed by atoms with Crippen molar-refractivity contribution in [1.29, 1.82) is 0 Å². The summed E-state index contributed by atoms with van der Waals surface area (Å²) in [5, 5.41) is 26.3. The zero-order valence-electron chi connectivity index (χ0n) is 17.4. The van der Waals surface area contributed by atoms with E-state index in [1.54, 1.807) is 0 Å². The molecule has 2 amide bonds. The number of aliphatic hydroxyl groups is 2. The van der Waals surface area contributed by atoms with Crippen LogP contribution >= 0.6 is 0 Å². The summed E-state index contributed by atoms with van der Waals surface area (Å²) in [6, 6.07) is -0.726. The molecule has 8 atom stereocenters. The number of amides is 2. The molecule has 0 aromatic carbocycles. The highest BCUT2D eigenvalue weighted by atomic mass is 16.3. The van der Waals surface area contributed by atoms with Gasteiger partial charge in [-0.15, -0.1) is 0 Å². The molecule has 0 spiro atoms. The third-order valence-corrected chi connectivity index (χ3v) is 9.27. The van der Waals surface area contributed by atoms with Gasteiger partial charge in [0.15, 0.2) is 0 Å². The summed E-state index contributed by atoms with van der Waals surface area (Å²) in [5.41, 5.74) is -0.148. The minimum absolute atomic E-state index is 0.00685. The van der Waals surface area contributed by atoms with Crippen molar-refractivity contribution in [3.8, 4) is 0 Å². The van der Waals surface area contributed by atoms with Crippen molar-refractivity contribution < 1.29 is 19.8 Å². The molecule has 0 radical (unpaired) electrons. The first-order chi connectivity index (χ1) is 13.2. The highest BCUT2D eigenvalue weighted by Crippen LogP contribution is 2.68. The molecule has 4 fully saturated rings. The number of nitrogens with one attached hydrogen (secondary N) is 2. The van der Waals surface area contributed by atoms with Crippen LogP contribution in [0.4, 0.5) is 0 Å². The van der Waals surface area contributed by atoms with E-state index < -0.39 is 18.8 Å². The zero-order valence-corrected chi connectivity index (χ0v) is 17.4. The quantitative estimate of drug-likeness (QED) is 0.552. The van der Waals surface area contributed by atoms with E-state index in [1.165, 1.54) is 19.3 Å². The molecule has 0 aromatic rings. The highest BCUT2D eigenvalue weighted by molar-refractivity contribution is 5.88. The minimum atomic E-state index is -0.911. The van der Waals surface area contributed by atoms with Crippen LogP contribution in [0, 0.1) is 34.5 Å². The molecular formula is C22H36N2O4. The molecule has 0 heterocycles. The Balaban J connectivity index is 1.33. The third-order valence-electron chi connectivity index (χ3n) is 9.27. The Morgan fingerprint density at radius 1 is 1.14 bits per heavy atom. The van der Waals surface area contributed by atoms with Gasteiger partial charge in [-0.2, -0.15) is 0 Å². The Bertz CT molecular complexity index is 650. The van der Waals surface area contributed by atoms with Crippen molar-refractivity contribution in [3.05, 3.63) is 0 Å². The molecule has 0 saturated heterocycles. The second-order valence-electron chi connectivity index (χ2n) is 10.7. The van der Waals surface area contributed by atoms with Gasteiger partial charge in [0.25, 0.3) is 0 Å². The van der Waals surface area contributed by atoms with Crippen molar-refractivity contribution in [2.45, 2.75) is 83.9 Å². The van der Waals surface area contributed by atoms with Crippen molar-refractivity contribution in [1.82, 2.24) is 10.6 Å². The molecule has 4 bridgehead atoms.